The molecule has 0 radical (unpaired) electrons. The molecule has 0 atom stereocenters. The van der Waals surface area contributed by atoms with E-state index < -0.39 is 0 Å². The third kappa shape index (κ3) is 3.56. The molecule has 1 amide bonds. The maximum absolute atomic E-state index is 12.1. The Hall–Kier alpha value is -2.69. The lowest BCUT2D eigenvalue weighted by molar-refractivity contribution is -0.116. The van der Waals surface area contributed by atoms with Gasteiger partial charge in [0.2, 0.25) is 5.91 Å². The molecule has 23 heavy (non-hydrogen) atoms. The maximum atomic E-state index is 12.1. The summed E-state index contributed by atoms with van der Waals surface area (Å²) in [7, 11) is 0. The molecule has 0 spiro atoms. The van der Waals surface area contributed by atoms with E-state index in [4.69, 9.17) is 0 Å². The largest absolute Gasteiger partial charge is 0.326 e. The summed E-state index contributed by atoms with van der Waals surface area (Å²) in [5.74, 6) is 0.919. The normalized spacial score (nSPS) is 10.8. The molecule has 0 fully saturated rings. The minimum absolute atomic E-state index is 0.000682. The molecule has 1 aromatic carbocycles. The fourth-order valence-electron chi connectivity index (χ4n) is 2.63. The van der Waals surface area contributed by atoms with Crippen molar-refractivity contribution < 1.29 is 4.79 Å². The van der Waals surface area contributed by atoms with Gasteiger partial charge in [-0.2, -0.15) is 0 Å². The minimum Gasteiger partial charge on any atom is -0.326 e. The first-order valence-corrected chi connectivity index (χ1v) is 7.93. The van der Waals surface area contributed by atoms with Crippen molar-refractivity contribution in [1.29, 1.82) is 0 Å². The molecule has 3 aromatic rings. The Kier molecular flexibility index (Phi) is 4.66. The van der Waals surface area contributed by atoms with Crippen molar-refractivity contribution in [3.63, 3.8) is 0 Å². The standard InChI is InChI=1S/C18H20N4O/c1-2-13-22-16(21-15-9-6-12-19-18(15)22)10-11-17(23)20-14-7-4-3-5-8-14/h3-9,12H,2,10-11,13H2,1H3,(H,20,23). The zero-order valence-corrected chi connectivity index (χ0v) is 13.2. The quantitative estimate of drug-likeness (QED) is 0.759. The number of aryl methyl sites for hydroxylation is 2. The topological polar surface area (TPSA) is 59.8 Å². The predicted octanol–water partition coefficient (Wildman–Crippen LogP) is 3.41. The number of pyridine rings is 1. The van der Waals surface area contributed by atoms with Crippen molar-refractivity contribution in [3.05, 3.63) is 54.5 Å². The van der Waals surface area contributed by atoms with E-state index in [0.717, 1.165) is 35.6 Å². The first kappa shape index (κ1) is 15.2. The minimum atomic E-state index is -0.000682. The summed E-state index contributed by atoms with van der Waals surface area (Å²) in [4.78, 5) is 21.2. The van der Waals surface area contributed by atoms with Crippen molar-refractivity contribution in [3.8, 4) is 0 Å². The number of nitrogens with one attached hydrogen (secondary N) is 1. The molecular formula is C18H20N4O. The predicted molar refractivity (Wildman–Crippen MR) is 91.2 cm³/mol. The Morgan fingerprint density at radius 3 is 2.78 bits per heavy atom. The summed E-state index contributed by atoms with van der Waals surface area (Å²) in [6, 6.07) is 13.3. The zero-order chi connectivity index (χ0) is 16.1. The van der Waals surface area contributed by atoms with Gasteiger partial charge in [-0.3, -0.25) is 4.79 Å². The highest BCUT2D eigenvalue weighted by atomic mass is 16.1. The second-order valence-electron chi connectivity index (χ2n) is 5.44. The van der Waals surface area contributed by atoms with Gasteiger partial charge in [0.1, 0.15) is 11.3 Å². The molecule has 5 nitrogen and oxygen atoms in total. The van der Waals surface area contributed by atoms with E-state index in [2.05, 4.69) is 26.8 Å². The first-order valence-electron chi connectivity index (χ1n) is 7.93. The van der Waals surface area contributed by atoms with Gasteiger partial charge in [0.15, 0.2) is 5.65 Å². The van der Waals surface area contributed by atoms with Crippen LogP contribution in [0.1, 0.15) is 25.6 Å². The second kappa shape index (κ2) is 7.05. The molecule has 0 bridgehead atoms. The monoisotopic (exact) mass is 308 g/mol. The van der Waals surface area contributed by atoms with Crippen molar-refractivity contribution in [1.82, 2.24) is 14.5 Å². The van der Waals surface area contributed by atoms with Crippen LogP contribution in [0.15, 0.2) is 48.7 Å². The highest BCUT2D eigenvalue weighted by Crippen LogP contribution is 2.16. The number of para-hydroxylation sites is 1. The van der Waals surface area contributed by atoms with Gasteiger partial charge < -0.3 is 9.88 Å². The molecule has 2 heterocycles. The van der Waals surface area contributed by atoms with E-state index in [1.54, 1.807) is 6.20 Å². The third-order valence-electron chi connectivity index (χ3n) is 3.66. The van der Waals surface area contributed by atoms with E-state index >= 15 is 0 Å². The zero-order valence-electron chi connectivity index (χ0n) is 13.2. The number of amides is 1. The van der Waals surface area contributed by atoms with Crippen molar-refractivity contribution >= 4 is 22.8 Å². The number of fused-ring (bicyclic) bond motifs is 1. The van der Waals surface area contributed by atoms with Crippen LogP contribution < -0.4 is 5.32 Å². The number of hydrogen-bond acceptors (Lipinski definition) is 3. The van der Waals surface area contributed by atoms with E-state index in [0.29, 0.717) is 12.8 Å². The molecule has 3 rings (SSSR count). The molecule has 2 aromatic heterocycles. The number of aromatic nitrogens is 3. The Morgan fingerprint density at radius 2 is 2.00 bits per heavy atom. The molecule has 1 N–H and O–H groups in total. The smallest absolute Gasteiger partial charge is 0.224 e. The molecule has 0 aliphatic heterocycles. The SMILES string of the molecule is CCCn1c(CCC(=O)Nc2ccccc2)nc2cccnc21. The van der Waals surface area contributed by atoms with Gasteiger partial charge in [-0.15, -0.1) is 0 Å². The first-order chi connectivity index (χ1) is 11.3. The maximum Gasteiger partial charge on any atom is 0.224 e. The van der Waals surface area contributed by atoms with Crippen LogP contribution in [0.3, 0.4) is 0 Å². The van der Waals surface area contributed by atoms with Crippen LogP contribution in [-0.2, 0) is 17.8 Å². The van der Waals surface area contributed by atoms with Gasteiger partial charge >= 0.3 is 0 Å². The highest BCUT2D eigenvalue weighted by Gasteiger charge is 2.12. The molecule has 118 valence electrons. The fourth-order valence-corrected chi connectivity index (χ4v) is 2.63. The summed E-state index contributed by atoms with van der Waals surface area (Å²) in [6.07, 6.45) is 3.80. The van der Waals surface area contributed by atoms with Gasteiger partial charge in [-0.25, -0.2) is 9.97 Å². The second-order valence-corrected chi connectivity index (χ2v) is 5.44. The van der Waals surface area contributed by atoms with E-state index in [1.807, 2.05) is 42.5 Å². The van der Waals surface area contributed by atoms with E-state index in [9.17, 15) is 4.79 Å². The van der Waals surface area contributed by atoms with Gasteiger partial charge in [-0.05, 0) is 30.7 Å². The Balaban J connectivity index is 1.71. The van der Waals surface area contributed by atoms with Crippen LogP contribution in [0.5, 0.6) is 0 Å². The number of anilines is 1. The van der Waals surface area contributed by atoms with E-state index in [-0.39, 0.29) is 5.91 Å². The number of carbonyl (C=O) groups excluding carboxylic acids is 1. The Labute approximate surface area is 135 Å². The molecule has 5 heteroatoms. The summed E-state index contributed by atoms with van der Waals surface area (Å²) >= 11 is 0. The number of hydrogen-bond donors (Lipinski definition) is 1. The van der Waals surface area contributed by atoms with Crippen LogP contribution in [0, 0.1) is 0 Å². The van der Waals surface area contributed by atoms with E-state index in [1.165, 1.54) is 0 Å². The molecular weight excluding hydrogens is 288 g/mol. The van der Waals surface area contributed by atoms with Gasteiger partial charge in [0.25, 0.3) is 0 Å². The number of benzene rings is 1. The van der Waals surface area contributed by atoms with Crippen LogP contribution >= 0.6 is 0 Å². The van der Waals surface area contributed by atoms with Crippen LogP contribution in [0.2, 0.25) is 0 Å². The molecule has 0 unspecified atom stereocenters. The Morgan fingerprint density at radius 1 is 1.17 bits per heavy atom. The Bertz CT molecular complexity index is 795. The molecule has 0 aliphatic rings. The van der Waals surface area contributed by atoms with Gasteiger partial charge in [0.05, 0.1) is 0 Å². The number of carbonyl (C=O) groups is 1. The summed E-state index contributed by atoms with van der Waals surface area (Å²) in [5, 5.41) is 2.91. The average Bonchev–Trinajstić information content (AvgIpc) is 2.92. The summed E-state index contributed by atoms with van der Waals surface area (Å²) < 4.78 is 2.12. The number of rotatable bonds is 6. The fraction of sp³-hybridized carbons (Fsp3) is 0.278. The lowest BCUT2D eigenvalue weighted by Gasteiger charge is -2.07. The van der Waals surface area contributed by atoms with Gasteiger partial charge in [0, 0.05) is 31.3 Å². The summed E-state index contributed by atoms with van der Waals surface area (Å²) in [5.41, 5.74) is 2.61. The molecule has 0 aliphatic carbocycles. The summed E-state index contributed by atoms with van der Waals surface area (Å²) in [6.45, 7) is 2.99. The van der Waals surface area contributed by atoms with Gasteiger partial charge in [-0.1, -0.05) is 25.1 Å². The number of imidazole rings is 1. The van der Waals surface area contributed by atoms with Crippen molar-refractivity contribution in [2.75, 3.05) is 5.32 Å². The molecule has 0 saturated carbocycles. The third-order valence-corrected chi connectivity index (χ3v) is 3.66. The van der Waals surface area contributed by atoms with Crippen LogP contribution in [0.4, 0.5) is 5.69 Å². The van der Waals surface area contributed by atoms with Crippen molar-refractivity contribution in [2.45, 2.75) is 32.7 Å². The molecule has 0 saturated heterocycles. The van der Waals surface area contributed by atoms with Crippen LogP contribution in [0.25, 0.3) is 11.2 Å². The lowest BCUT2D eigenvalue weighted by atomic mass is 10.2. The highest BCUT2D eigenvalue weighted by molar-refractivity contribution is 5.90. The van der Waals surface area contributed by atoms with Crippen LogP contribution in [-0.4, -0.2) is 20.4 Å². The average molecular weight is 308 g/mol. The lowest BCUT2D eigenvalue weighted by Crippen LogP contribution is -2.14. The van der Waals surface area contributed by atoms with Crippen molar-refractivity contribution in [2.24, 2.45) is 0 Å². The number of nitrogens with zero attached hydrogens (tertiary/aromatic N) is 3.